The molecule has 1 aliphatic heterocycles. The predicted molar refractivity (Wildman–Crippen MR) is 112 cm³/mol. The first-order valence-electron chi connectivity index (χ1n) is 9.18. The average Bonchev–Trinajstić information content (AvgIpc) is 2.75. The van der Waals surface area contributed by atoms with E-state index < -0.39 is 67.4 Å². The lowest BCUT2D eigenvalue weighted by Crippen LogP contribution is -2.60. The van der Waals surface area contributed by atoms with E-state index in [0.29, 0.717) is 21.5 Å². The van der Waals surface area contributed by atoms with Crippen molar-refractivity contribution in [3.05, 3.63) is 53.1 Å². The molecule has 1 amide bonds. The molecule has 0 spiro atoms. The maximum absolute atomic E-state index is 14.6. The first-order valence-corrected chi connectivity index (χ1v) is 12.8. The van der Waals surface area contributed by atoms with Crippen molar-refractivity contribution < 1.29 is 40.4 Å². The zero-order chi connectivity index (χ0) is 24.6. The van der Waals surface area contributed by atoms with Gasteiger partial charge in [-0.1, -0.05) is 11.6 Å². The molecule has 1 fully saturated rings. The molecule has 2 N–H and O–H groups in total. The lowest BCUT2D eigenvalue weighted by atomic mass is 10.2. The standard InChI is InChI=1S/C18H18ClF2N3O7S2/c1-32(27,28)23-6-7-24(16(10-23)18(25)22-26)33(29,30)13-8-14(20)17(15(21)9-13)31-12-4-2-11(19)3-5-12/h2-5,8-9,16,26H,6-7,10H2,1H3,(H,22,25)/t16-/m1/s1. The van der Waals surface area contributed by atoms with Crippen LogP contribution < -0.4 is 10.2 Å². The molecule has 0 radical (unpaired) electrons. The summed E-state index contributed by atoms with van der Waals surface area (Å²) in [5.74, 6) is -4.69. The van der Waals surface area contributed by atoms with E-state index in [1.165, 1.54) is 29.7 Å². The molecule has 0 unspecified atom stereocenters. The SMILES string of the molecule is CS(=O)(=O)N1CCN(S(=O)(=O)c2cc(F)c(Oc3ccc(Cl)cc3)c(F)c2)[C@@H](C(=O)NO)C1. The smallest absolute Gasteiger partial charge is 0.263 e. The summed E-state index contributed by atoms with van der Waals surface area (Å²) in [7, 11) is -8.47. The van der Waals surface area contributed by atoms with Crippen LogP contribution in [-0.4, -0.2) is 68.5 Å². The van der Waals surface area contributed by atoms with E-state index in [0.717, 1.165) is 10.6 Å². The zero-order valence-corrected chi connectivity index (χ0v) is 19.3. The van der Waals surface area contributed by atoms with Gasteiger partial charge in [-0.2, -0.15) is 8.61 Å². The Morgan fingerprint density at radius 1 is 1.12 bits per heavy atom. The van der Waals surface area contributed by atoms with Crippen molar-refractivity contribution in [2.45, 2.75) is 10.9 Å². The summed E-state index contributed by atoms with van der Waals surface area (Å²) < 4.78 is 85.6. The van der Waals surface area contributed by atoms with Gasteiger partial charge in [0.15, 0.2) is 17.4 Å². The molecule has 1 heterocycles. The number of piperazine rings is 1. The maximum Gasteiger partial charge on any atom is 0.263 e. The lowest BCUT2D eigenvalue weighted by molar-refractivity contribution is -0.134. The van der Waals surface area contributed by atoms with Crippen LogP contribution in [-0.2, 0) is 24.8 Å². The Balaban J connectivity index is 1.95. The van der Waals surface area contributed by atoms with E-state index in [2.05, 4.69) is 0 Å². The van der Waals surface area contributed by atoms with Crippen LogP contribution in [0.15, 0.2) is 41.3 Å². The molecule has 0 aromatic heterocycles. The molecule has 3 rings (SSSR count). The Kier molecular flexibility index (Phi) is 7.26. The molecule has 1 atom stereocenters. The number of carbonyl (C=O) groups excluding carboxylic acids is 1. The normalized spacial score (nSPS) is 18.2. The molecule has 0 saturated carbocycles. The second-order valence-corrected chi connectivity index (χ2v) is 11.3. The van der Waals surface area contributed by atoms with Crippen molar-refractivity contribution in [2.24, 2.45) is 0 Å². The second kappa shape index (κ2) is 9.48. The summed E-state index contributed by atoms with van der Waals surface area (Å²) in [4.78, 5) is 11.2. The number of ether oxygens (including phenoxy) is 1. The Morgan fingerprint density at radius 3 is 2.21 bits per heavy atom. The molecule has 2 aromatic rings. The molecule has 10 nitrogen and oxygen atoms in total. The van der Waals surface area contributed by atoms with Crippen LogP contribution in [0.2, 0.25) is 5.02 Å². The molecule has 0 aliphatic carbocycles. The minimum atomic E-state index is -4.69. The highest BCUT2D eigenvalue weighted by Crippen LogP contribution is 2.32. The number of hydrogen-bond donors (Lipinski definition) is 2. The molecule has 1 saturated heterocycles. The number of halogens is 3. The number of amides is 1. The van der Waals surface area contributed by atoms with Crippen molar-refractivity contribution in [2.75, 3.05) is 25.9 Å². The fraction of sp³-hybridized carbons (Fsp3) is 0.278. The minimum Gasteiger partial charge on any atom is -0.451 e. The fourth-order valence-electron chi connectivity index (χ4n) is 3.16. The van der Waals surface area contributed by atoms with E-state index in [4.69, 9.17) is 21.5 Å². The highest BCUT2D eigenvalue weighted by atomic mass is 35.5. The number of sulfonamides is 2. The van der Waals surface area contributed by atoms with Gasteiger partial charge in [0.05, 0.1) is 11.2 Å². The Hall–Kier alpha value is -2.36. The predicted octanol–water partition coefficient (Wildman–Crippen LogP) is 1.55. The van der Waals surface area contributed by atoms with Gasteiger partial charge in [0.25, 0.3) is 5.91 Å². The van der Waals surface area contributed by atoms with E-state index in [1.54, 1.807) is 0 Å². The Morgan fingerprint density at radius 2 is 1.70 bits per heavy atom. The molecule has 180 valence electrons. The van der Waals surface area contributed by atoms with Gasteiger partial charge in [0.1, 0.15) is 11.8 Å². The summed E-state index contributed by atoms with van der Waals surface area (Å²) in [5.41, 5.74) is 1.28. The monoisotopic (exact) mass is 525 g/mol. The number of carbonyl (C=O) groups is 1. The van der Waals surface area contributed by atoms with Crippen LogP contribution in [0, 0.1) is 11.6 Å². The quantitative estimate of drug-likeness (QED) is 0.432. The van der Waals surface area contributed by atoms with E-state index in [-0.39, 0.29) is 12.3 Å². The lowest BCUT2D eigenvalue weighted by Gasteiger charge is -2.38. The number of hydrogen-bond acceptors (Lipinski definition) is 7. The van der Waals surface area contributed by atoms with Crippen LogP contribution in [0.25, 0.3) is 0 Å². The summed E-state index contributed by atoms with van der Waals surface area (Å²) in [6.45, 7) is -1.41. The van der Waals surface area contributed by atoms with Gasteiger partial charge in [0.2, 0.25) is 20.0 Å². The Labute approximate surface area is 193 Å². The first kappa shape index (κ1) is 25.3. The van der Waals surface area contributed by atoms with Gasteiger partial charge in [-0.3, -0.25) is 10.0 Å². The highest BCUT2D eigenvalue weighted by molar-refractivity contribution is 7.89. The number of nitrogens with one attached hydrogen (secondary N) is 1. The number of nitrogens with zero attached hydrogens (tertiary/aromatic N) is 2. The molecular formula is C18H18ClF2N3O7S2. The van der Waals surface area contributed by atoms with Crippen LogP contribution >= 0.6 is 11.6 Å². The Bertz CT molecular complexity index is 1250. The molecule has 15 heteroatoms. The minimum absolute atomic E-state index is 0.0457. The average molecular weight is 526 g/mol. The van der Waals surface area contributed by atoms with Gasteiger partial charge in [0, 0.05) is 24.7 Å². The van der Waals surface area contributed by atoms with Gasteiger partial charge < -0.3 is 4.74 Å². The van der Waals surface area contributed by atoms with E-state index >= 15 is 0 Å². The highest BCUT2D eigenvalue weighted by Gasteiger charge is 2.42. The van der Waals surface area contributed by atoms with Crippen molar-refractivity contribution in [3.63, 3.8) is 0 Å². The van der Waals surface area contributed by atoms with Crippen LogP contribution in [0.1, 0.15) is 0 Å². The summed E-state index contributed by atoms with van der Waals surface area (Å²) in [6.07, 6.45) is 0.870. The third kappa shape index (κ3) is 5.42. The van der Waals surface area contributed by atoms with Crippen molar-refractivity contribution >= 4 is 37.6 Å². The molecular weight excluding hydrogens is 508 g/mol. The topological polar surface area (TPSA) is 133 Å². The van der Waals surface area contributed by atoms with Crippen LogP contribution in [0.3, 0.4) is 0 Å². The third-order valence-electron chi connectivity index (χ3n) is 4.79. The molecule has 33 heavy (non-hydrogen) atoms. The zero-order valence-electron chi connectivity index (χ0n) is 16.9. The van der Waals surface area contributed by atoms with Crippen molar-refractivity contribution in [3.8, 4) is 11.5 Å². The fourth-order valence-corrected chi connectivity index (χ4v) is 5.70. The molecule has 2 aromatic carbocycles. The summed E-state index contributed by atoms with van der Waals surface area (Å²) >= 11 is 5.74. The summed E-state index contributed by atoms with van der Waals surface area (Å²) in [6, 6.07) is 4.90. The van der Waals surface area contributed by atoms with Gasteiger partial charge in [-0.15, -0.1) is 0 Å². The van der Waals surface area contributed by atoms with E-state index in [1.807, 2.05) is 0 Å². The number of hydroxylamine groups is 1. The van der Waals surface area contributed by atoms with E-state index in [9.17, 15) is 30.4 Å². The first-order chi connectivity index (χ1) is 15.3. The van der Waals surface area contributed by atoms with Crippen LogP contribution in [0.5, 0.6) is 11.5 Å². The number of rotatable bonds is 6. The molecule has 1 aliphatic rings. The van der Waals surface area contributed by atoms with Gasteiger partial charge >= 0.3 is 0 Å². The summed E-state index contributed by atoms with van der Waals surface area (Å²) in [5, 5.41) is 9.34. The second-order valence-electron chi connectivity index (χ2n) is 7.00. The molecule has 0 bridgehead atoms. The van der Waals surface area contributed by atoms with Gasteiger partial charge in [-0.25, -0.2) is 31.1 Å². The maximum atomic E-state index is 14.6. The van der Waals surface area contributed by atoms with Crippen LogP contribution in [0.4, 0.5) is 8.78 Å². The largest absolute Gasteiger partial charge is 0.451 e. The third-order valence-corrected chi connectivity index (χ3v) is 8.20. The van der Waals surface area contributed by atoms with Gasteiger partial charge in [-0.05, 0) is 36.4 Å². The van der Waals surface area contributed by atoms with Crippen molar-refractivity contribution in [1.82, 2.24) is 14.1 Å². The number of benzene rings is 2. The van der Waals surface area contributed by atoms with Crippen molar-refractivity contribution in [1.29, 1.82) is 0 Å².